The minimum absolute atomic E-state index is 0.0578. The molecule has 4 aliphatic heterocycles. The van der Waals surface area contributed by atoms with Gasteiger partial charge in [0.2, 0.25) is 5.91 Å². The summed E-state index contributed by atoms with van der Waals surface area (Å²) in [7, 11) is 1.44. The first-order valence-electron chi connectivity index (χ1n) is 11.8. The Balaban J connectivity index is 1.17. The van der Waals surface area contributed by atoms with Gasteiger partial charge in [0.1, 0.15) is 5.69 Å². The molecule has 0 saturated carbocycles. The first-order valence-corrected chi connectivity index (χ1v) is 11.8. The molecule has 4 saturated heterocycles. The van der Waals surface area contributed by atoms with Gasteiger partial charge in [0.15, 0.2) is 0 Å². The van der Waals surface area contributed by atoms with Crippen LogP contribution in [0.1, 0.15) is 50.6 Å². The molecule has 31 heavy (non-hydrogen) atoms. The summed E-state index contributed by atoms with van der Waals surface area (Å²) in [6, 6.07) is 0.431. The summed E-state index contributed by atoms with van der Waals surface area (Å²) in [5.41, 5.74) is 2.36. The van der Waals surface area contributed by atoms with Crippen LogP contribution in [0.15, 0.2) is 12.3 Å². The Morgan fingerprint density at radius 1 is 1.19 bits per heavy atom. The van der Waals surface area contributed by atoms with Gasteiger partial charge in [-0.25, -0.2) is 0 Å². The molecule has 5 heterocycles. The first kappa shape index (κ1) is 20.7. The van der Waals surface area contributed by atoms with Crippen LogP contribution in [0.25, 0.3) is 5.57 Å². The van der Waals surface area contributed by atoms with E-state index in [1.54, 1.807) is 0 Å². The largest absolute Gasteiger partial charge is 0.469 e. The number of fused-ring (bicyclic) bond motifs is 3. The van der Waals surface area contributed by atoms with Gasteiger partial charge >= 0.3 is 5.97 Å². The normalized spacial score (nSPS) is 31.0. The lowest BCUT2D eigenvalue weighted by Crippen LogP contribution is -2.59. The zero-order chi connectivity index (χ0) is 21.4. The van der Waals surface area contributed by atoms with Gasteiger partial charge in [0.05, 0.1) is 31.7 Å². The highest BCUT2D eigenvalue weighted by molar-refractivity contribution is 5.80. The maximum Gasteiger partial charge on any atom is 0.308 e. The molecule has 1 aromatic heterocycles. The summed E-state index contributed by atoms with van der Waals surface area (Å²) in [5.74, 6) is 0.625. The van der Waals surface area contributed by atoms with Crippen molar-refractivity contribution < 1.29 is 14.3 Å². The lowest BCUT2D eigenvalue weighted by molar-refractivity contribution is -0.152. The van der Waals surface area contributed by atoms with Gasteiger partial charge in [-0.3, -0.25) is 19.2 Å². The van der Waals surface area contributed by atoms with Crippen molar-refractivity contribution in [3.8, 4) is 0 Å². The summed E-state index contributed by atoms with van der Waals surface area (Å²) in [6.45, 7) is 4.10. The highest BCUT2D eigenvalue weighted by Gasteiger charge is 2.45. The number of likely N-dealkylation sites (tertiary alicyclic amines) is 1. The van der Waals surface area contributed by atoms with Crippen LogP contribution in [0.2, 0.25) is 0 Å². The topological polar surface area (TPSA) is 80.6 Å². The molecular weight excluding hydrogens is 394 g/mol. The maximum absolute atomic E-state index is 13.3. The van der Waals surface area contributed by atoms with Gasteiger partial charge in [-0.1, -0.05) is 11.3 Å². The number of piperidine rings is 4. The summed E-state index contributed by atoms with van der Waals surface area (Å²) >= 11 is 0. The van der Waals surface area contributed by atoms with E-state index in [1.165, 1.54) is 19.1 Å². The van der Waals surface area contributed by atoms with E-state index in [0.717, 1.165) is 51.0 Å². The van der Waals surface area contributed by atoms with Gasteiger partial charge in [-0.2, -0.15) is 0 Å². The molecule has 0 aromatic carbocycles. The number of esters is 1. The third-order valence-electron chi connectivity index (χ3n) is 7.84. The molecule has 4 fully saturated rings. The third-order valence-corrected chi connectivity index (χ3v) is 7.84. The van der Waals surface area contributed by atoms with Gasteiger partial charge in [0.25, 0.3) is 0 Å². The van der Waals surface area contributed by atoms with Gasteiger partial charge in [0, 0.05) is 25.7 Å². The lowest BCUT2D eigenvalue weighted by Gasteiger charge is -2.50. The van der Waals surface area contributed by atoms with Crippen molar-refractivity contribution >= 4 is 17.4 Å². The van der Waals surface area contributed by atoms with Crippen LogP contribution in [0.4, 0.5) is 0 Å². The zero-order valence-electron chi connectivity index (χ0n) is 18.4. The van der Waals surface area contributed by atoms with Crippen molar-refractivity contribution in [2.45, 2.75) is 57.5 Å². The molecule has 5 aliphatic rings. The number of allylic oxidation sites excluding steroid dienone is 2. The average molecular weight is 428 g/mol. The fraction of sp³-hybridized carbons (Fsp3) is 0.739. The second-order valence-corrected chi connectivity index (χ2v) is 9.61. The molecule has 1 aliphatic carbocycles. The van der Waals surface area contributed by atoms with E-state index < -0.39 is 0 Å². The van der Waals surface area contributed by atoms with Crippen LogP contribution < -0.4 is 0 Å². The molecule has 0 spiro atoms. The van der Waals surface area contributed by atoms with E-state index in [-0.39, 0.29) is 23.7 Å². The molecule has 2 bridgehead atoms. The standard InChI is InChI=1S/C23H33N5O3/c1-31-23(30)17-6-9-26(10-7-17)22(29)20-14-27-11-8-18(20)12-19(27)13-28-15-21(24-25-28)16-4-2-3-5-16/h4,15,17-20H,2-3,5-14H2,1H3/t18-,19+,20+/m0/s1. The van der Waals surface area contributed by atoms with E-state index in [0.29, 0.717) is 37.9 Å². The van der Waals surface area contributed by atoms with Crippen LogP contribution >= 0.6 is 0 Å². The minimum Gasteiger partial charge on any atom is -0.469 e. The Kier molecular flexibility index (Phi) is 5.82. The van der Waals surface area contributed by atoms with Crippen LogP contribution in [0.5, 0.6) is 0 Å². The Labute approximate surface area is 183 Å². The lowest BCUT2D eigenvalue weighted by atomic mass is 9.74. The summed E-state index contributed by atoms with van der Waals surface area (Å²) < 4.78 is 6.86. The number of amides is 1. The molecule has 1 amide bonds. The van der Waals surface area contributed by atoms with Gasteiger partial charge < -0.3 is 9.64 Å². The maximum atomic E-state index is 13.3. The van der Waals surface area contributed by atoms with E-state index in [9.17, 15) is 9.59 Å². The summed E-state index contributed by atoms with van der Waals surface area (Å²) in [5, 5.41) is 8.77. The molecule has 0 radical (unpaired) electrons. The zero-order valence-corrected chi connectivity index (χ0v) is 18.4. The van der Waals surface area contributed by atoms with Gasteiger partial charge in [-0.15, -0.1) is 5.10 Å². The second-order valence-electron chi connectivity index (χ2n) is 9.61. The Morgan fingerprint density at radius 2 is 2.03 bits per heavy atom. The van der Waals surface area contributed by atoms with Crippen LogP contribution in [0, 0.1) is 17.8 Å². The number of ether oxygens (including phenoxy) is 1. The van der Waals surface area contributed by atoms with Crippen molar-refractivity contribution in [1.82, 2.24) is 24.8 Å². The molecule has 1 unspecified atom stereocenters. The smallest absolute Gasteiger partial charge is 0.308 e. The van der Waals surface area contributed by atoms with Crippen molar-refractivity contribution in [2.24, 2.45) is 17.8 Å². The number of aromatic nitrogens is 3. The molecule has 4 atom stereocenters. The van der Waals surface area contributed by atoms with Crippen molar-refractivity contribution in [1.29, 1.82) is 0 Å². The number of hydrogen-bond donors (Lipinski definition) is 0. The minimum atomic E-state index is -0.140. The van der Waals surface area contributed by atoms with E-state index in [4.69, 9.17) is 4.74 Å². The Bertz CT molecular complexity index is 857. The number of carbonyl (C=O) groups excluding carboxylic acids is 2. The highest BCUT2D eigenvalue weighted by atomic mass is 16.5. The number of rotatable bonds is 5. The molecule has 8 nitrogen and oxygen atoms in total. The quantitative estimate of drug-likeness (QED) is 0.669. The van der Waals surface area contributed by atoms with Crippen LogP contribution in [-0.4, -0.2) is 76.0 Å². The molecule has 0 N–H and O–H groups in total. The predicted molar refractivity (Wildman–Crippen MR) is 115 cm³/mol. The number of nitrogens with zero attached hydrogens (tertiary/aromatic N) is 5. The van der Waals surface area contributed by atoms with E-state index >= 15 is 0 Å². The molecular formula is C23H33N5O3. The fourth-order valence-corrected chi connectivity index (χ4v) is 6.00. The molecule has 168 valence electrons. The molecule has 6 rings (SSSR count). The Morgan fingerprint density at radius 3 is 2.71 bits per heavy atom. The van der Waals surface area contributed by atoms with E-state index in [2.05, 4.69) is 27.5 Å². The number of carbonyl (C=O) groups is 2. The predicted octanol–water partition coefficient (Wildman–Crippen LogP) is 1.97. The number of hydrogen-bond acceptors (Lipinski definition) is 6. The molecule has 8 heteroatoms. The summed E-state index contributed by atoms with van der Waals surface area (Å²) in [4.78, 5) is 29.5. The van der Waals surface area contributed by atoms with Crippen molar-refractivity contribution in [3.63, 3.8) is 0 Å². The van der Waals surface area contributed by atoms with E-state index in [1.807, 2.05) is 9.58 Å². The highest BCUT2D eigenvalue weighted by Crippen LogP contribution is 2.38. The third kappa shape index (κ3) is 4.14. The van der Waals surface area contributed by atoms with Gasteiger partial charge in [-0.05, 0) is 63.0 Å². The van der Waals surface area contributed by atoms with Crippen molar-refractivity contribution in [2.75, 3.05) is 33.3 Å². The summed E-state index contributed by atoms with van der Waals surface area (Å²) in [6.07, 6.45) is 11.4. The monoisotopic (exact) mass is 427 g/mol. The second kappa shape index (κ2) is 8.73. The Hall–Kier alpha value is -2.22. The van der Waals surface area contributed by atoms with Crippen LogP contribution in [-0.2, 0) is 20.9 Å². The van der Waals surface area contributed by atoms with Crippen LogP contribution in [0.3, 0.4) is 0 Å². The average Bonchev–Trinajstić information content (AvgIpc) is 3.51. The van der Waals surface area contributed by atoms with Crippen molar-refractivity contribution in [3.05, 3.63) is 18.0 Å². The first-order chi connectivity index (χ1) is 15.1. The SMILES string of the molecule is COC(=O)C1CCN(C(=O)[C@@H]2CN3CC[C@H]2C[C@@H]3Cn2cc(C3=CCCC3)nn2)CC1. The fourth-order valence-electron chi connectivity index (χ4n) is 6.00. The number of methoxy groups -OCH3 is 1. The molecule has 1 aromatic rings.